The molecule has 2 aromatic heterocycles. The van der Waals surface area contributed by atoms with Crippen molar-refractivity contribution in [1.82, 2.24) is 14.5 Å². The molecule has 172 valence electrons. The Morgan fingerprint density at radius 2 is 2.09 bits per heavy atom. The lowest BCUT2D eigenvalue weighted by Gasteiger charge is -2.40. The van der Waals surface area contributed by atoms with E-state index in [9.17, 15) is 9.90 Å². The highest BCUT2D eigenvalue weighted by Gasteiger charge is 2.49. The van der Waals surface area contributed by atoms with Crippen LogP contribution in [0.2, 0.25) is 0 Å². The number of pyridine rings is 1. The average molecular weight is 510 g/mol. The van der Waals surface area contributed by atoms with E-state index in [1.807, 2.05) is 22.8 Å². The molecule has 2 unspecified atom stereocenters. The topological polar surface area (TPSA) is 83.1 Å². The molecule has 33 heavy (non-hydrogen) atoms. The molecule has 1 saturated carbocycles. The molecule has 1 saturated heterocycles. The third-order valence-corrected chi connectivity index (χ3v) is 7.46. The van der Waals surface area contributed by atoms with E-state index in [-0.39, 0.29) is 5.88 Å². The number of fused-ring (bicyclic) bond motifs is 3. The molecule has 2 bridgehead atoms. The largest absolute Gasteiger partial charge is 0.493 e. The van der Waals surface area contributed by atoms with Crippen LogP contribution in [0.5, 0.6) is 5.88 Å². The van der Waals surface area contributed by atoms with E-state index >= 15 is 0 Å². The Balaban J connectivity index is 1.50. The number of hydrogen-bond acceptors (Lipinski definition) is 5. The zero-order valence-corrected chi connectivity index (χ0v) is 20.7. The number of carbonyl (C=O) groups is 1. The van der Waals surface area contributed by atoms with Crippen LogP contribution < -0.4 is 0 Å². The monoisotopic (exact) mass is 509 g/mol. The van der Waals surface area contributed by atoms with Gasteiger partial charge in [0.25, 0.3) is 5.91 Å². The van der Waals surface area contributed by atoms with Gasteiger partial charge in [0.1, 0.15) is 0 Å². The van der Waals surface area contributed by atoms with E-state index in [4.69, 9.17) is 0 Å². The Labute approximate surface area is 201 Å². The first-order chi connectivity index (χ1) is 15.6. The van der Waals surface area contributed by atoms with Crippen LogP contribution in [-0.2, 0) is 6.67 Å². The van der Waals surface area contributed by atoms with Gasteiger partial charge in [0.2, 0.25) is 5.88 Å². The van der Waals surface area contributed by atoms with E-state index in [2.05, 4.69) is 56.8 Å². The van der Waals surface area contributed by atoms with Crippen LogP contribution in [0.4, 0.5) is 5.69 Å². The maximum absolute atomic E-state index is 12.4. The van der Waals surface area contributed by atoms with Gasteiger partial charge in [-0.2, -0.15) is 0 Å². The van der Waals surface area contributed by atoms with Gasteiger partial charge in [0.05, 0.1) is 17.7 Å². The van der Waals surface area contributed by atoms with Gasteiger partial charge in [-0.05, 0) is 60.4 Å². The SMILES string of the molecule is CC1(C)CC2CC(C)(CN2Cn2c(O)c(N=NC(=O)c3cccnc3)c3cc(Br)ccc32)C1. The Kier molecular flexibility index (Phi) is 5.40. The van der Waals surface area contributed by atoms with E-state index in [1.165, 1.54) is 19.0 Å². The number of aromatic hydroxyl groups is 1. The van der Waals surface area contributed by atoms with E-state index in [0.29, 0.717) is 34.8 Å². The molecule has 1 aliphatic carbocycles. The van der Waals surface area contributed by atoms with Crippen LogP contribution in [0.15, 0.2) is 57.4 Å². The highest BCUT2D eigenvalue weighted by Crippen LogP contribution is 2.53. The number of likely N-dealkylation sites (tertiary alicyclic amines) is 1. The minimum absolute atomic E-state index is 0.0247. The van der Waals surface area contributed by atoms with Crippen molar-refractivity contribution in [3.63, 3.8) is 0 Å². The fourth-order valence-electron chi connectivity index (χ4n) is 6.10. The van der Waals surface area contributed by atoms with Crippen molar-refractivity contribution in [2.24, 2.45) is 21.1 Å². The van der Waals surface area contributed by atoms with Crippen LogP contribution in [-0.4, -0.2) is 38.1 Å². The Morgan fingerprint density at radius 3 is 2.85 bits per heavy atom. The van der Waals surface area contributed by atoms with Crippen molar-refractivity contribution < 1.29 is 9.90 Å². The molecule has 2 atom stereocenters. The molecule has 2 fully saturated rings. The minimum Gasteiger partial charge on any atom is -0.493 e. The predicted octanol–water partition coefficient (Wildman–Crippen LogP) is 6.29. The smallest absolute Gasteiger partial charge is 0.296 e. The summed E-state index contributed by atoms with van der Waals surface area (Å²) in [7, 11) is 0. The summed E-state index contributed by atoms with van der Waals surface area (Å²) in [5.74, 6) is -0.474. The Hall–Kier alpha value is -2.58. The van der Waals surface area contributed by atoms with Gasteiger partial charge >= 0.3 is 0 Å². The zero-order valence-electron chi connectivity index (χ0n) is 19.1. The molecule has 2 aliphatic rings. The van der Waals surface area contributed by atoms with Crippen LogP contribution in [0.25, 0.3) is 10.9 Å². The molecule has 1 amide bonds. The fourth-order valence-corrected chi connectivity index (χ4v) is 6.46. The zero-order chi connectivity index (χ0) is 23.4. The molecular weight excluding hydrogens is 482 g/mol. The molecule has 3 aromatic rings. The standard InChI is InChI=1S/C25H28BrN5O2/c1-24(2)10-18-11-25(3,13-24)14-30(18)15-31-20-7-6-17(26)9-19(20)21(23(31)33)28-29-22(32)16-5-4-8-27-12-16/h4-9,12,18,33H,10-11,13-15H2,1-3H3. The van der Waals surface area contributed by atoms with Crippen LogP contribution >= 0.6 is 15.9 Å². The van der Waals surface area contributed by atoms with Gasteiger partial charge in [-0.1, -0.05) is 36.7 Å². The molecule has 7 nitrogen and oxygen atoms in total. The lowest BCUT2D eigenvalue weighted by atomic mass is 9.65. The first-order valence-electron chi connectivity index (χ1n) is 11.3. The number of nitrogens with zero attached hydrogens (tertiary/aromatic N) is 5. The van der Waals surface area contributed by atoms with Crippen LogP contribution in [0.3, 0.4) is 0 Å². The average Bonchev–Trinajstić information content (AvgIpc) is 3.15. The van der Waals surface area contributed by atoms with Gasteiger partial charge in [-0.15, -0.1) is 10.2 Å². The number of benzene rings is 1. The summed E-state index contributed by atoms with van der Waals surface area (Å²) in [4.78, 5) is 18.9. The highest BCUT2D eigenvalue weighted by atomic mass is 79.9. The molecule has 3 heterocycles. The molecule has 5 rings (SSSR count). The van der Waals surface area contributed by atoms with Gasteiger partial charge in [0, 0.05) is 34.8 Å². The minimum atomic E-state index is -0.498. The second-order valence-corrected chi connectivity index (χ2v) is 11.5. The predicted molar refractivity (Wildman–Crippen MR) is 131 cm³/mol. The van der Waals surface area contributed by atoms with Crippen LogP contribution in [0, 0.1) is 10.8 Å². The van der Waals surface area contributed by atoms with E-state index in [1.54, 1.807) is 18.3 Å². The summed E-state index contributed by atoms with van der Waals surface area (Å²) in [5, 5.41) is 20.0. The van der Waals surface area contributed by atoms with Gasteiger partial charge < -0.3 is 5.11 Å². The Morgan fingerprint density at radius 1 is 1.27 bits per heavy atom. The van der Waals surface area contributed by atoms with Crippen molar-refractivity contribution >= 4 is 38.4 Å². The van der Waals surface area contributed by atoms with Crippen molar-refractivity contribution in [3.8, 4) is 5.88 Å². The molecule has 1 N–H and O–H groups in total. The quantitative estimate of drug-likeness (QED) is 0.419. The number of aromatic nitrogens is 2. The van der Waals surface area contributed by atoms with Gasteiger partial charge in [0.15, 0.2) is 5.69 Å². The van der Waals surface area contributed by atoms with Crippen molar-refractivity contribution in [2.45, 2.75) is 52.7 Å². The molecular formula is C25H28BrN5O2. The van der Waals surface area contributed by atoms with E-state index in [0.717, 1.165) is 28.3 Å². The van der Waals surface area contributed by atoms with E-state index < -0.39 is 5.91 Å². The number of azo groups is 1. The van der Waals surface area contributed by atoms with Crippen molar-refractivity contribution in [2.75, 3.05) is 6.54 Å². The summed E-state index contributed by atoms with van der Waals surface area (Å²) in [6, 6.07) is 9.63. The number of carbonyl (C=O) groups excluding carboxylic acids is 1. The second-order valence-electron chi connectivity index (χ2n) is 10.6. The lowest BCUT2D eigenvalue weighted by Crippen LogP contribution is -2.35. The summed E-state index contributed by atoms with van der Waals surface area (Å²) in [5.41, 5.74) is 2.14. The third-order valence-electron chi connectivity index (χ3n) is 6.97. The molecule has 8 heteroatoms. The summed E-state index contributed by atoms with van der Waals surface area (Å²) >= 11 is 3.51. The number of hydrogen-bond donors (Lipinski definition) is 1. The summed E-state index contributed by atoms with van der Waals surface area (Å²) < 4.78 is 2.76. The fraction of sp³-hybridized carbons (Fsp3) is 0.440. The maximum Gasteiger partial charge on any atom is 0.296 e. The highest BCUT2D eigenvalue weighted by molar-refractivity contribution is 9.10. The third kappa shape index (κ3) is 4.22. The van der Waals surface area contributed by atoms with Crippen LogP contribution in [0.1, 0.15) is 50.4 Å². The molecule has 1 aliphatic heterocycles. The molecule has 0 radical (unpaired) electrons. The molecule has 0 spiro atoms. The number of amides is 1. The second kappa shape index (κ2) is 8.02. The summed E-state index contributed by atoms with van der Waals surface area (Å²) in [6.45, 7) is 8.69. The van der Waals surface area contributed by atoms with Gasteiger partial charge in [-0.25, -0.2) is 0 Å². The normalized spacial score (nSPS) is 24.7. The Bertz CT molecular complexity index is 1250. The van der Waals surface area contributed by atoms with Gasteiger partial charge in [-0.3, -0.25) is 19.2 Å². The summed E-state index contributed by atoms with van der Waals surface area (Å²) in [6.07, 6.45) is 6.61. The number of halogens is 1. The number of rotatable bonds is 4. The van der Waals surface area contributed by atoms with Crippen molar-refractivity contribution in [1.29, 1.82) is 0 Å². The maximum atomic E-state index is 12.4. The first kappa shape index (κ1) is 22.2. The van der Waals surface area contributed by atoms with Crippen molar-refractivity contribution in [3.05, 3.63) is 52.8 Å². The molecule has 1 aromatic carbocycles. The lowest BCUT2D eigenvalue weighted by molar-refractivity contribution is 0.0994. The first-order valence-corrected chi connectivity index (χ1v) is 12.0.